The van der Waals surface area contributed by atoms with E-state index in [1.807, 2.05) is 43.3 Å². The lowest BCUT2D eigenvalue weighted by atomic mass is 9.98. The van der Waals surface area contributed by atoms with Crippen molar-refractivity contribution in [2.45, 2.75) is 26.4 Å². The number of amides is 1. The zero-order valence-corrected chi connectivity index (χ0v) is 19.4. The van der Waals surface area contributed by atoms with Crippen molar-refractivity contribution in [1.82, 2.24) is 14.7 Å². The Bertz CT molecular complexity index is 868. The van der Waals surface area contributed by atoms with E-state index in [1.54, 1.807) is 7.11 Å². The van der Waals surface area contributed by atoms with Crippen LogP contribution in [-0.2, 0) is 24.3 Å². The molecule has 0 spiro atoms. The number of para-hydroxylation sites is 1. The van der Waals surface area contributed by atoms with Crippen LogP contribution >= 0.6 is 0 Å². The zero-order chi connectivity index (χ0) is 22.2. The maximum atomic E-state index is 13.2. The molecule has 3 rings (SSSR count). The molecule has 0 atom stereocenters. The van der Waals surface area contributed by atoms with E-state index in [4.69, 9.17) is 4.74 Å². The van der Waals surface area contributed by atoms with Gasteiger partial charge in [-0.3, -0.25) is 9.69 Å². The van der Waals surface area contributed by atoms with E-state index < -0.39 is 0 Å². The number of nitrogens with one attached hydrogen (secondary N) is 1. The minimum absolute atomic E-state index is 0.0912. The van der Waals surface area contributed by atoms with Crippen LogP contribution in [0.1, 0.15) is 23.6 Å². The van der Waals surface area contributed by atoms with Gasteiger partial charge in [0.2, 0.25) is 5.91 Å². The Balaban J connectivity index is 1.71. The lowest BCUT2D eigenvalue weighted by molar-refractivity contribution is -0.130. The molecule has 2 aromatic carbocycles. The van der Waals surface area contributed by atoms with Gasteiger partial charge in [0.15, 0.2) is 0 Å². The van der Waals surface area contributed by atoms with E-state index in [9.17, 15) is 4.79 Å². The van der Waals surface area contributed by atoms with Gasteiger partial charge < -0.3 is 19.9 Å². The number of fused-ring (bicyclic) bond motifs is 1. The van der Waals surface area contributed by atoms with Crippen LogP contribution in [0.5, 0.6) is 5.75 Å². The second-order valence-corrected chi connectivity index (χ2v) is 8.35. The molecule has 1 aliphatic heterocycles. The molecule has 0 aromatic heterocycles. The molecule has 168 valence electrons. The number of hydrogen-bond donors (Lipinski definition) is 1. The predicted molar refractivity (Wildman–Crippen MR) is 127 cm³/mol. The molecule has 0 bridgehead atoms. The normalized spacial score (nSPS) is 13.7. The van der Waals surface area contributed by atoms with Gasteiger partial charge in [-0.05, 0) is 50.3 Å². The number of likely N-dealkylation sites (N-methyl/N-ethyl adjacent to an activating group) is 2. The largest absolute Gasteiger partial charge is 0.496 e. The first-order chi connectivity index (χ1) is 15.0. The van der Waals surface area contributed by atoms with Gasteiger partial charge in [-0.2, -0.15) is 0 Å². The van der Waals surface area contributed by atoms with Crippen LogP contribution in [0.15, 0.2) is 42.5 Å². The van der Waals surface area contributed by atoms with Crippen molar-refractivity contribution < 1.29 is 9.53 Å². The zero-order valence-electron chi connectivity index (χ0n) is 19.4. The molecule has 6 heteroatoms. The molecule has 0 unspecified atom stereocenters. The maximum absolute atomic E-state index is 13.2. The highest BCUT2D eigenvalue weighted by atomic mass is 16.5. The summed E-state index contributed by atoms with van der Waals surface area (Å²) >= 11 is 0. The Morgan fingerprint density at radius 1 is 1.13 bits per heavy atom. The molecule has 0 fully saturated rings. The van der Waals surface area contributed by atoms with E-state index in [-0.39, 0.29) is 12.5 Å². The van der Waals surface area contributed by atoms with E-state index in [0.717, 1.165) is 49.6 Å². The fourth-order valence-corrected chi connectivity index (χ4v) is 4.01. The Morgan fingerprint density at radius 3 is 2.68 bits per heavy atom. The number of anilines is 1. The molecule has 1 amide bonds. The van der Waals surface area contributed by atoms with Gasteiger partial charge in [-0.15, -0.1) is 0 Å². The van der Waals surface area contributed by atoms with Crippen LogP contribution in [0.2, 0.25) is 0 Å². The van der Waals surface area contributed by atoms with E-state index in [2.05, 4.69) is 40.2 Å². The number of ether oxygens (including phenoxy) is 1. The lowest BCUT2D eigenvalue weighted by Gasteiger charge is -2.30. The summed E-state index contributed by atoms with van der Waals surface area (Å²) in [6.45, 7) is 7.59. The molecule has 0 saturated heterocycles. The lowest BCUT2D eigenvalue weighted by Crippen LogP contribution is -2.39. The molecule has 1 heterocycles. The number of methoxy groups -OCH3 is 1. The molecular formula is C25H36N4O2. The first-order valence-corrected chi connectivity index (χ1v) is 11.1. The van der Waals surface area contributed by atoms with Gasteiger partial charge >= 0.3 is 0 Å². The fourth-order valence-electron chi connectivity index (χ4n) is 4.01. The second kappa shape index (κ2) is 11.2. The third-order valence-corrected chi connectivity index (χ3v) is 5.95. The van der Waals surface area contributed by atoms with Crippen molar-refractivity contribution in [2.75, 3.05) is 59.2 Å². The third kappa shape index (κ3) is 6.21. The molecule has 0 saturated carbocycles. The Kier molecular flexibility index (Phi) is 8.32. The summed E-state index contributed by atoms with van der Waals surface area (Å²) in [5.41, 5.74) is 4.82. The minimum atomic E-state index is 0.0912. The predicted octanol–water partition coefficient (Wildman–Crippen LogP) is 3.08. The summed E-state index contributed by atoms with van der Waals surface area (Å²) in [4.78, 5) is 19.7. The first kappa shape index (κ1) is 23.1. The summed E-state index contributed by atoms with van der Waals surface area (Å²) in [5, 5.41) is 3.44. The highest BCUT2D eigenvalue weighted by Gasteiger charge is 2.20. The third-order valence-electron chi connectivity index (χ3n) is 5.95. The molecule has 31 heavy (non-hydrogen) atoms. The van der Waals surface area contributed by atoms with Crippen molar-refractivity contribution in [3.8, 4) is 5.75 Å². The SMILES string of the molecule is CCN1CCc2cccc(NCC(=O)N(CCN(C)C)Cc3ccccc3OC)c2C1. The summed E-state index contributed by atoms with van der Waals surface area (Å²) in [7, 11) is 5.73. The van der Waals surface area contributed by atoms with Gasteiger partial charge in [0.05, 0.1) is 13.7 Å². The van der Waals surface area contributed by atoms with Crippen molar-refractivity contribution in [1.29, 1.82) is 0 Å². The average Bonchev–Trinajstić information content (AvgIpc) is 2.79. The molecule has 6 nitrogen and oxygen atoms in total. The Morgan fingerprint density at radius 2 is 1.94 bits per heavy atom. The highest BCUT2D eigenvalue weighted by Crippen LogP contribution is 2.26. The van der Waals surface area contributed by atoms with Crippen molar-refractivity contribution in [3.05, 3.63) is 59.2 Å². The van der Waals surface area contributed by atoms with E-state index in [1.165, 1.54) is 11.1 Å². The molecule has 1 aliphatic rings. The quantitative estimate of drug-likeness (QED) is 0.635. The minimum Gasteiger partial charge on any atom is -0.496 e. The first-order valence-electron chi connectivity index (χ1n) is 11.1. The van der Waals surface area contributed by atoms with Crippen LogP contribution < -0.4 is 10.1 Å². The Labute approximate surface area is 186 Å². The summed E-state index contributed by atoms with van der Waals surface area (Å²) in [5.74, 6) is 0.906. The van der Waals surface area contributed by atoms with Gasteiger partial charge in [-0.25, -0.2) is 0 Å². The molecule has 0 aliphatic carbocycles. The van der Waals surface area contributed by atoms with E-state index in [0.29, 0.717) is 13.1 Å². The number of benzene rings is 2. The molecule has 0 radical (unpaired) electrons. The van der Waals surface area contributed by atoms with Crippen LogP contribution in [0.25, 0.3) is 0 Å². The van der Waals surface area contributed by atoms with Gasteiger partial charge in [0.25, 0.3) is 0 Å². The summed E-state index contributed by atoms with van der Waals surface area (Å²) in [6, 6.07) is 14.3. The average molecular weight is 425 g/mol. The van der Waals surface area contributed by atoms with Crippen LogP contribution in [0, 0.1) is 0 Å². The summed E-state index contributed by atoms with van der Waals surface area (Å²) in [6.07, 6.45) is 1.06. The number of rotatable bonds is 10. The van der Waals surface area contributed by atoms with Gasteiger partial charge in [-0.1, -0.05) is 37.3 Å². The highest BCUT2D eigenvalue weighted by molar-refractivity contribution is 5.81. The topological polar surface area (TPSA) is 48.1 Å². The van der Waals surface area contributed by atoms with Crippen molar-refractivity contribution in [3.63, 3.8) is 0 Å². The van der Waals surface area contributed by atoms with E-state index >= 15 is 0 Å². The molecule has 2 aromatic rings. The van der Waals surface area contributed by atoms with Crippen LogP contribution in [0.3, 0.4) is 0 Å². The summed E-state index contributed by atoms with van der Waals surface area (Å²) < 4.78 is 5.50. The fraction of sp³-hybridized carbons (Fsp3) is 0.480. The van der Waals surface area contributed by atoms with Gasteiger partial charge in [0.1, 0.15) is 5.75 Å². The van der Waals surface area contributed by atoms with Crippen LogP contribution in [0.4, 0.5) is 5.69 Å². The van der Waals surface area contributed by atoms with Crippen LogP contribution in [-0.4, -0.2) is 74.5 Å². The number of carbonyl (C=O) groups excluding carboxylic acids is 1. The second-order valence-electron chi connectivity index (χ2n) is 8.35. The van der Waals surface area contributed by atoms with Gasteiger partial charge in [0, 0.05) is 44.0 Å². The smallest absolute Gasteiger partial charge is 0.242 e. The molecule has 1 N–H and O–H groups in total. The number of nitrogens with zero attached hydrogens (tertiary/aromatic N) is 3. The number of carbonyl (C=O) groups is 1. The van der Waals surface area contributed by atoms with Crippen molar-refractivity contribution in [2.24, 2.45) is 0 Å². The monoisotopic (exact) mass is 424 g/mol. The number of hydrogen-bond acceptors (Lipinski definition) is 5. The Hall–Kier alpha value is -2.57. The molecular weight excluding hydrogens is 388 g/mol. The standard InChI is InChI=1S/C25H36N4O2/c1-5-28-14-13-20-10-8-11-23(22(20)19-28)26-17-25(30)29(16-15-27(2)3)18-21-9-6-7-12-24(21)31-4/h6-12,26H,5,13-19H2,1-4H3. The van der Waals surface area contributed by atoms with Crippen molar-refractivity contribution >= 4 is 11.6 Å². The maximum Gasteiger partial charge on any atom is 0.242 e.